The third-order valence-corrected chi connectivity index (χ3v) is 3.13. The van der Waals surface area contributed by atoms with Crippen molar-refractivity contribution >= 4 is 33.2 Å². The van der Waals surface area contributed by atoms with E-state index < -0.39 is 0 Å². The largest absolute Gasteiger partial charge is 0.268 e. The molecule has 0 saturated heterocycles. The van der Waals surface area contributed by atoms with Crippen molar-refractivity contribution < 1.29 is 0 Å². The Kier molecular flexibility index (Phi) is 2.38. The van der Waals surface area contributed by atoms with E-state index in [9.17, 15) is 4.79 Å². The van der Waals surface area contributed by atoms with Gasteiger partial charge in [-0.1, -0.05) is 23.7 Å². The van der Waals surface area contributed by atoms with E-state index >= 15 is 0 Å². The summed E-state index contributed by atoms with van der Waals surface area (Å²) in [5.74, 6) is 0.479. The highest BCUT2D eigenvalue weighted by atomic mass is 35.5. The number of halogens is 1. The summed E-state index contributed by atoms with van der Waals surface area (Å²) in [6.07, 6.45) is 0. The normalized spacial score (nSPS) is 10.8. The Bertz CT molecular complexity index is 474. The van der Waals surface area contributed by atoms with Crippen LogP contribution in [-0.2, 0) is 6.54 Å². The summed E-state index contributed by atoms with van der Waals surface area (Å²) >= 11 is 7.05. The van der Waals surface area contributed by atoms with Gasteiger partial charge in [0.2, 0.25) is 0 Å². The van der Waals surface area contributed by atoms with E-state index in [4.69, 9.17) is 11.6 Å². The first-order chi connectivity index (χ1) is 6.33. The van der Waals surface area contributed by atoms with Crippen LogP contribution in [0.25, 0.3) is 10.1 Å². The van der Waals surface area contributed by atoms with Crippen molar-refractivity contribution in [1.82, 2.24) is 3.96 Å². The summed E-state index contributed by atoms with van der Waals surface area (Å²) in [4.78, 5) is 11.6. The molecular weight excluding hydrogens is 206 g/mol. The first kappa shape index (κ1) is 8.78. The van der Waals surface area contributed by atoms with E-state index in [0.29, 0.717) is 12.4 Å². The van der Waals surface area contributed by atoms with Gasteiger partial charge in [-0.15, -0.1) is 11.6 Å². The molecule has 0 saturated carbocycles. The van der Waals surface area contributed by atoms with Crippen molar-refractivity contribution in [2.45, 2.75) is 6.54 Å². The highest BCUT2D eigenvalue weighted by Gasteiger charge is 2.04. The molecule has 0 radical (unpaired) electrons. The van der Waals surface area contributed by atoms with E-state index in [0.717, 1.165) is 10.1 Å². The highest BCUT2D eigenvalue weighted by Crippen LogP contribution is 2.15. The van der Waals surface area contributed by atoms with Gasteiger partial charge < -0.3 is 0 Å². The summed E-state index contributed by atoms with van der Waals surface area (Å²) in [6.45, 7) is 0.597. The number of nitrogens with zero attached hydrogens (tertiary/aromatic N) is 1. The Hall–Kier alpha value is -0.800. The van der Waals surface area contributed by atoms with Gasteiger partial charge in [-0.25, -0.2) is 0 Å². The van der Waals surface area contributed by atoms with E-state index in [1.807, 2.05) is 24.3 Å². The van der Waals surface area contributed by atoms with E-state index in [1.54, 1.807) is 3.96 Å². The van der Waals surface area contributed by atoms with Gasteiger partial charge in [-0.2, -0.15) is 0 Å². The van der Waals surface area contributed by atoms with Gasteiger partial charge in [-0.05, 0) is 12.1 Å². The average Bonchev–Trinajstić information content (AvgIpc) is 2.46. The number of fused-ring (bicyclic) bond motifs is 1. The highest BCUT2D eigenvalue weighted by molar-refractivity contribution is 7.13. The first-order valence-corrected chi connectivity index (χ1v) is 5.28. The number of aryl methyl sites for hydroxylation is 1. The van der Waals surface area contributed by atoms with Crippen LogP contribution in [0.1, 0.15) is 0 Å². The number of benzene rings is 1. The molecule has 0 atom stereocenters. The number of aromatic nitrogens is 1. The van der Waals surface area contributed by atoms with E-state index in [2.05, 4.69) is 0 Å². The maximum absolute atomic E-state index is 11.6. The Morgan fingerprint density at radius 3 is 2.85 bits per heavy atom. The fourth-order valence-corrected chi connectivity index (χ4v) is 2.51. The number of hydrogen-bond acceptors (Lipinski definition) is 2. The second-order valence-corrected chi connectivity index (χ2v) is 4.12. The minimum absolute atomic E-state index is 0.0706. The quantitative estimate of drug-likeness (QED) is 0.702. The van der Waals surface area contributed by atoms with Gasteiger partial charge in [0, 0.05) is 5.88 Å². The minimum atomic E-state index is 0.0706. The van der Waals surface area contributed by atoms with Crippen LogP contribution >= 0.6 is 23.1 Å². The molecule has 0 fully saturated rings. The van der Waals surface area contributed by atoms with Crippen molar-refractivity contribution in [3.8, 4) is 0 Å². The van der Waals surface area contributed by atoms with Gasteiger partial charge in [0.25, 0.3) is 5.56 Å². The smallest absolute Gasteiger partial charge is 0.268 e. The molecule has 0 aliphatic rings. The first-order valence-electron chi connectivity index (χ1n) is 3.98. The van der Waals surface area contributed by atoms with Gasteiger partial charge >= 0.3 is 0 Å². The molecule has 1 aromatic heterocycles. The lowest BCUT2D eigenvalue weighted by molar-refractivity contribution is 0.821. The predicted molar refractivity (Wildman–Crippen MR) is 56.8 cm³/mol. The van der Waals surface area contributed by atoms with Crippen LogP contribution < -0.4 is 5.56 Å². The zero-order valence-corrected chi connectivity index (χ0v) is 8.44. The number of hydrogen-bond donors (Lipinski definition) is 0. The van der Waals surface area contributed by atoms with Gasteiger partial charge in [0.05, 0.1) is 16.6 Å². The van der Waals surface area contributed by atoms with Crippen LogP contribution in [0.4, 0.5) is 0 Å². The summed E-state index contributed by atoms with van der Waals surface area (Å²) in [5.41, 5.74) is 0.0706. The third-order valence-electron chi connectivity index (χ3n) is 1.84. The fourth-order valence-electron chi connectivity index (χ4n) is 1.24. The van der Waals surface area contributed by atoms with Crippen molar-refractivity contribution in [3.05, 3.63) is 34.6 Å². The molecule has 4 heteroatoms. The molecule has 68 valence electrons. The molecule has 2 aromatic rings. The molecule has 2 rings (SSSR count). The van der Waals surface area contributed by atoms with Crippen LogP contribution in [-0.4, -0.2) is 9.84 Å². The molecule has 2 nitrogen and oxygen atoms in total. The molecule has 0 bridgehead atoms. The SMILES string of the molecule is O=c1c2ccccc2sn1CCCl. The van der Waals surface area contributed by atoms with Gasteiger partial charge in [-0.3, -0.25) is 8.75 Å². The molecule has 0 amide bonds. The van der Waals surface area contributed by atoms with Crippen LogP contribution in [0.15, 0.2) is 29.1 Å². The van der Waals surface area contributed by atoms with Crippen molar-refractivity contribution in [2.24, 2.45) is 0 Å². The standard InChI is InChI=1S/C9H8ClNOS/c10-5-6-11-9(12)7-3-1-2-4-8(7)13-11/h1-4H,5-6H2. The van der Waals surface area contributed by atoms with Gasteiger partial charge in [0.1, 0.15) is 0 Å². The average molecular weight is 214 g/mol. The van der Waals surface area contributed by atoms with Crippen LogP contribution in [0.5, 0.6) is 0 Å². The maximum Gasteiger partial charge on any atom is 0.268 e. The fraction of sp³-hybridized carbons (Fsp3) is 0.222. The Morgan fingerprint density at radius 1 is 1.38 bits per heavy atom. The topological polar surface area (TPSA) is 22.0 Å². The Labute approximate surface area is 84.5 Å². The lowest BCUT2D eigenvalue weighted by Crippen LogP contribution is -2.13. The van der Waals surface area contributed by atoms with Crippen molar-refractivity contribution in [2.75, 3.05) is 5.88 Å². The van der Waals surface area contributed by atoms with Crippen LogP contribution in [0.3, 0.4) is 0 Å². The van der Waals surface area contributed by atoms with E-state index in [-0.39, 0.29) is 5.56 Å². The molecule has 1 aromatic carbocycles. The van der Waals surface area contributed by atoms with Crippen molar-refractivity contribution in [3.63, 3.8) is 0 Å². The zero-order chi connectivity index (χ0) is 9.26. The summed E-state index contributed by atoms with van der Waals surface area (Å²) in [7, 11) is 0. The maximum atomic E-state index is 11.6. The molecule has 13 heavy (non-hydrogen) atoms. The lowest BCUT2D eigenvalue weighted by Gasteiger charge is -1.91. The zero-order valence-electron chi connectivity index (χ0n) is 6.87. The second kappa shape index (κ2) is 3.52. The monoisotopic (exact) mass is 213 g/mol. The summed E-state index contributed by atoms with van der Waals surface area (Å²) in [6, 6.07) is 7.61. The predicted octanol–water partition coefficient (Wildman–Crippen LogP) is 2.30. The van der Waals surface area contributed by atoms with Crippen molar-refractivity contribution in [1.29, 1.82) is 0 Å². The van der Waals surface area contributed by atoms with Gasteiger partial charge in [0.15, 0.2) is 0 Å². The number of rotatable bonds is 2. The molecule has 0 aliphatic carbocycles. The molecule has 0 aliphatic heterocycles. The van der Waals surface area contributed by atoms with Crippen LogP contribution in [0, 0.1) is 0 Å². The minimum Gasteiger partial charge on any atom is -0.268 e. The molecule has 0 unspecified atom stereocenters. The molecular formula is C9H8ClNOS. The molecule has 1 heterocycles. The Morgan fingerprint density at radius 2 is 2.15 bits per heavy atom. The third kappa shape index (κ3) is 1.49. The lowest BCUT2D eigenvalue weighted by atomic mass is 10.3. The Balaban J connectivity index is 2.67. The van der Waals surface area contributed by atoms with E-state index in [1.165, 1.54) is 11.5 Å². The molecule has 0 N–H and O–H groups in total. The summed E-state index contributed by atoms with van der Waals surface area (Å²) < 4.78 is 2.72. The summed E-state index contributed by atoms with van der Waals surface area (Å²) in [5, 5.41) is 0.789. The molecule has 0 spiro atoms. The number of alkyl halides is 1. The van der Waals surface area contributed by atoms with Crippen LogP contribution in [0.2, 0.25) is 0 Å². The second-order valence-electron chi connectivity index (χ2n) is 2.68.